The molecule has 11 rings (SSSR count). The molecule has 0 unspecified atom stereocenters. The number of hydrogen-bond donors (Lipinski definition) is 0. The first kappa shape index (κ1) is 32.8. The monoisotopic (exact) mass is 728 g/mol. The average molecular weight is 729 g/mol. The van der Waals surface area contributed by atoms with E-state index in [1.165, 1.54) is 44.1 Å². The van der Waals surface area contributed by atoms with Crippen LogP contribution in [0.4, 0.5) is 17.1 Å². The molecule has 3 heteroatoms. The fourth-order valence-electron chi connectivity index (χ4n) is 8.69. The van der Waals surface area contributed by atoms with Crippen LogP contribution in [0.1, 0.15) is 0 Å². The van der Waals surface area contributed by atoms with Crippen molar-refractivity contribution in [2.75, 3.05) is 4.90 Å². The Morgan fingerprint density at radius 3 is 1.63 bits per heavy atom. The van der Waals surface area contributed by atoms with Gasteiger partial charge in [-0.25, -0.2) is 0 Å². The molecule has 57 heavy (non-hydrogen) atoms. The zero-order chi connectivity index (χ0) is 37.7. The summed E-state index contributed by atoms with van der Waals surface area (Å²) in [6.07, 6.45) is 0. The zero-order valence-electron chi connectivity index (χ0n) is 31.1. The normalized spacial score (nSPS) is 11.5. The van der Waals surface area contributed by atoms with E-state index in [2.05, 4.69) is 222 Å². The molecule has 3 nitrogen and oxygen atoms in total. The summed E-state index contributed by atoms with van der Waals surface area (Å²) in [5, 5.41) is 4.71. The summed E-state index contributed by atoms with van der Waals surface area (Å²) in [5.74, 6) is 0. The molecule has 0 spiro atoms. The molecular weight excluding hydrogens is 693 g/mol. The molecule has 0 amide bonds. The van der Waals surface area contributed by atoms with E-state index in [1.807, 2.05) is 6.07 Å². The molecule has 0 fully saturated rings. The summed E-state index contributed by atoms with van der Waals surface area (Å²) in [4.78, 5) is 2.40. The Balaban J connectivity index is 1.12. The highest BCUT2D eigenvalue weighted by Crippen LogP contribution is 2.46. The third-order valence-corrected chi connectivity index (χ3v) is 11.2. The van der Waals surface area contributed by atoms with Crippen LogP contribution in [0.15, 0.2) is 223 Å². The summed E-state index contributed by atoms with van der Waals surface area (Å²) in [5.41, 5.74) is 15.5. The van der Waals surface area contributed by atoms with Crippen molar-refractivity contribution in [3.8, 4) is 39.1 Å². The topological polar surface area (TPSA) is 21.3 Å². The summed E-state index contributed by atoms with van der Waals surface area (Å²) >= 11 is 0. The molecule has 11 aromatic rings. The maximum absolute atomic E-state index is 6.39. The van der Waals surface area contributed by atoms with Crippen molar-refractivity contribution in [1.82, 2.24) is 4.57 Å². The molecule has 0 aliphatic rings. The minimum Gasteiger partial charge on any atom is -0.456 e. The molecule has 2 heterocycles. The van der Waals surface area contributed by atoms with Gasteiger partial charge in [0.1, 0.15) is 11.2 Å². The van der Waals surface area contributed by atoms with Gasteiger partial charge in [0.05, 0.1) is 16.7 Å². The van der Waals surface area contributed by atoms with Gasteiger partial charge in [-0.2, -0.15) is 0 Å². The van der Waals surface area contributed by atoms with Gasteiger partial charge in [-0.3, -0.25) is 0 Å². The minimum absolute atomic E-state index is 0.879. The van der Waals surface area contributed by atoms with Crippen molar-refractivity contribution in [3.63, 3.8) is 0 Å². The van der Waals surface area contributed by atoms with Crippen molar-refractivity contribution in [2.45, 2.75) is 0 Å². The van der Waals surface area contributed by atoms with Crippen LogP contribution in [0, 0.1) is 0 Å². The molecule has 2 aromatic heterocycles. The molecule has 0 bridgehead atoms. The summed E-state index contributed by atoms with van der Waals surface area (Å²) in [6, 6.07) is 78.1. The third kappa shape index (κ3) is 5.51. The third-order valence-electron chi connectivity index (χ3n) is 11.2. The van der Waals surface area contributed by atoms with Crippen LogP contribution in [0.5, 0.6) is 0 Å². The van der Waals surface area contributed by atoms with E-state index < -0.39 is 0 Å². The van der Waals surface area contributed by atoms with Gasteiger partial charge in [-0.05, 0) is 88.5 Å². The maximum Gasteiger partial charge on any atom is 0.136 e. The predicted molar refractivity (Wildman–Crippen MR) is 239 cm³/mol. The summed E-state index contributed by atoms with van der Waals surface area (Å²) in [7, 11) is 0. The van der Waals surface area contributed by atoms with E-state index in [1.54, 1.807) is 0 Å². The number of nitrogens with zero attached hydrogens (tertiary/aromatic N) is 2. The predicted octanol–water partition coefficient (Wildman–Crippen LogP) is 15.2. The quantitative estimate of drug-likeness (QED) is 0.163. The second-order valence-corrected chi connectivity index (χ2v) is 14.5. The standard InChI is InChI=1S/C54H36N2O/c1-2-16-37(17-3-1)42-20-4-5-21-43(42)38-32-34-39(35-33-38)55(40-18-14-19-41(36-40)56-50-28-11-6-22-44(50)45-23-7-12-29-51(45)56)49-27-10-8-24-46(49)47-26-15-31-53-54(47)48-25-9-13-30-52(48)57-53/h1-36H. The SMILES string of the molecule is c1ccc(-c2ccccc2-c2ccc(N(c3cccc(-n4c5ccccc5c5ccccc54)c3)c3ccccc3-c3cccc4oc5ccccc5c34)cc2)cc1. The maximum atomic E-state index is 6.39. The number of hydrogen-bond acceptors (Lipinski definition) is 2. The van der Waals surface area contributed by atoms with Crippen molar-refractivity contribution in [2.24, 2.45) is 0 Å². The second-order valence-electron chi connectivity index (χ2n) is 14.5. The zero-order valence-corrected chi connectivity index (χ0v) is 31.1. The molecular formula is C54H36N2O. The Hall–Kier alpha value is -7.62. The largest absolute Gasteiger partial charge is 0.456 e. The fourth-order valence-corrected chi connectivity index (χ4v) is 8.69. The first-order chi connectivity index (χ1) is 28.3. The van der Waals surface area contributed by atoms with Crippen LogP contribution in [0.3, 0.4) is 0 Å². The molecule has 0 radical (unpaired) electrons. The lowest BCUT2D eigenvalue weighted by atomic mass is 9.94. The highest BCUT2D eigenvalue weighted by molar-refractivity contribution is 6.14. The van der Waals surface area contributed by atoms with Crippen LogP contribution in [0.25, 0.3) is 82.8 Å². The first-order valence-corrected chi connectivity index (χ1v) is 19.4. The van der Waals surface area contributed by atoms with Gasteiger partial charge in [-0.1, -0.05) is 158 Å². The van der Waals surface area contributed by atoms with Crippen molar-refractivity contribution < 1.29 is 4.42 Å². The number of benzene rings is 9. The van der Waals surface area contributed by atoms with Crippen molar-refractivity contribution >= 4 is 60.8 Å². The summed E-state index contributed by atoms with van der Waals surface area (Å²) in [6.45, 7) is 0. The van der Waals surface area contributed by atoms with Crippen molar-refractivity contribution in [3.05, 3.63) is 218 Å². The van der Waals surface area contributed by atoms with Gasteiger partial charge < -0.3 is 13.9 Å². The number of fused-ring (bicyclic) bond motifs is 6. The highest BCUT2D eigenvalue weighted by Gasteiger charge is 2.22. The number of rotatable bonds is 7. The number of furan rings is 1. The molecule has 0 N–H and O–H groups in total. The lowest BCUT2D eigenvalue weighted by Gasteiger charge is -2.29. The smallest absolute Gasteiger partial charge is 0.136 e. The molecule has 0 aliphatic heterocycles. The first-order valence-electron chi connectivity index (χ1n) is 19.4. The van der Waals surface area contributed by atoms with Crippen LogP contribution in [-0.2, 0) is 0 Å². The van der Waals surface area contributed by atoms with Crippen molar-refractivity contribution in [1.29, 1.82) is 0 Å². The van der Waals surface area contributed by atoms with Gasteiger partial charge in [0, 0.05) is 44.2 Å². The van der Waals surface area contributed by atoms with E-state index in [-0.39, 0.29) is 0 Å². The fraction of sp³-hybridized carbons (Fsp3) is 0. The van der Waals surface area contributed by atoms with E-state index >= 15 is 0 Å². The van der Waals surface area contributed by atoms with E-state index in [0.717, 1.165) is 55.8 Å². The highest BCUT2D eigenvalue weighted by atomic mass is 16.3. The Morgan fingerprint density at radius 2 is 0.895 bits per heavy atom. The Labute approximate surface area is 330 Å². The van der Waals surface area contributed by atoms with E-state index in [9.17, 15) is 0 Å². The number of para-hydroxylation sites is 4. The van der Waals surface area contributed by atoms with Gasteiger partial charge in [0.25, 0.3) is 0 Å². The van der Waals surface area contributed by atoms with Crippen LogP contribution in [0.2, 0.25) is 0 Å². The molecule has 0 saturated heterocycles. The molecule has 0 saturated carbocycles. The minimum atomic E-state index is 0.879. The van der Waals surface area contributed by atoms with Gasteiger partial charge in [-0.15, -0.1) is 0 Å². The molecule has 0 atom stereocenters. The second kappa shape index (κ2) is 13.6. The number of aromatic nitrogens is 1. The van der Waals surface area contributed by atoms with E-state index in [4.69, 9.17) is 4.42 Å². The van der Waals surface area contributed by atoms with Crippen LogP contribution < -0.4 is 4.90 Å². The molecule has 0 aliphatic carbocycles. The Morgan fingerprint density at radius 1 is 0.351 bits per heavy atom. The van der Waals surface area contributed by atoms with Crippen LogP contribution in [-0.4, -0.2) is 4.57 Å². The van der Waals surface area contributed by atoms with E-state index in [0.29, 0.717) is 0 Å². The lowest BCUT2D eigenvalue weighted by Crippen LogP contribution is -2.12. The Kier molecular flexibility index (Phi) is 7.82. The summed E-state index contributed by atoms with van der Waals surface area (Å²) < 4.78 is 8.78. The molecule has 9 aromatic carbocycles. The van der Waals surface area contributed by atoms with Gasteiger partial charge >= 0.3 is 0 Å². The average Bonchev–Trinajstić information content (AvgIpc) is 3.84. The van der Waals surface area contributed by atoms with Crippen LogP contribution >= 0.6 is 0 Å². The Bertz CT molecular complexity index is 3190. The van der Waals surface area contributed by atoms with Gasteiger partial charge in [0.15, 0.2) is 0 Å². The lowest BCUT2D eigenvalue weighted by molar-refractivity contribution is 0.669. The van der Waals surface area contributed by atoms with Gasteiger partial charge in [0.2, 0.25) is 0 Å². The number of anilines is 3. The molecule has 268 valence electrons.